The summed E-state index contributed by atoms with van der Waals surface area (Å²) in [5.41, 5.74) is 1.76. The standard InChI is InChI=1S/C13H19NOSi/c1-16(2,3)13-9-12(15)14(13)10-11-7-5-4-6-8-11/h4-8,13H,9-10H2,1-3H3. The molecule has 1 aliphatic rings. The normalized spacial score (nSPS) is 20.8. The molecule has 2 rings (SSSR count). The first-order chi connectivity index (χ1) is 7.48. The Labute approximate surface area is 98.3 Å². The minimum absolute atomic E-state index is 0.316. The highest BCUT2D eigenvalue weighted by molar-refractivity contribution is 6.78. The van der Waals surface area contributed by atoms with Crippen molar-refractivity contribution in [3.8, 4) is 0 Å². The monoisotopic (exact) mass is 233 g/mol. The highest BCUT2D eigenvalue weighted by Gasteiger charge is 2.43. The lowest BCUT2D eigenvalue weighted by Gasteiger charge is -2.47. The molecule has 1 amide bonds. The topological polar surface area (TPSA) is 20.3 Å². The minimum atomic E-state index is -1.23. The Hall–Kier alpha value is -1.09. The van der Waals surface area contributed by atoms with Gasteiger partial charge in [-0.05, 0) is 5.56 Å². The van der Waals surface area contributed by atoms with Crippen LogP contribution in [-0.2, 0) is 11.3 Å². The molecular weight excluding hydrogens is 214 g/mol. The van der Waals surface area contributed by atoms with Gasteiger partial charge in [0.25, 0.3) is 0 Å². The molecule has 0 aliphatic carbocycles. The van der Waals surface area contributed by atoms with Gasteiger partial charge in [-0.1, -0.05) is 50.0 Å². The van der Waals surface area contributed by atoms with Gasteiger partial charge >= 0.3 is 0 Å². The van der Waals surface area contributed by atoms with Gasteiger partial charge in [-0.25, -0.2) is 0 Å². The van der Waals surface area contributed by atoms with Crippen LogP contribution in [0.1, 0.15) is 12.0 Å². The molecule has 1 aliphatic heterocycles. The van der Waals surface area contributed by atoms with Crippen LogP contribution in [0.25, 0.3) is 0 Å². The zero-order chi connectivity index (χ0) is 11.8. The molecule has 1 aromatic rings. The maximum Gasteiger partial charge on any atom is 0.224 e. The van der Waals surface area contributed by atoms with E-state index in [1.807, 2.05) is 18.2 Å². The quantitative estimate of drug-likeness (QED) is 0.580. The summed E-state index contributed by atoms with van der Waals surface area (Å²) < 4.78 is 0. The van der Waals surface area contributed by atoms with Crippen molar-refractivity contribution >= 4 is 14.0 Å². The molecule has 1 aromatic carbocycles. The van der Waals surface area contributed by atoms with Gasteiger partial charge in [0.15, 0.2) is 0 Å². The van der Waals surface area contributed by atoms with Crippen molar-refractivity contribution in [1.29, 1.82) is 0 Å². The molecule has 1 atom stereocenters. The van der Waals surface area contributed by atoms with E-state index in [2.05, 4.69) is 36.7 Å². The lowest BCUT2D eigenvalue weighted by molar-refractivity contribution is -0.143. The predicted octanol–water partition coefficient (Wildman–Crippen LogP) is 2.66. The summed E-state index contributed by atoms with van der Waals surface area (Å²) in [6.07, 6.45) is 0.766. The van der Waals surface area contributed by atoms with Crippen LogP contribution in [0.2, 0.25) is 19.6 Å². The van der Waals surface area contributed by atoms with Crippen LogP contribution in [0.15, 0.2) is 30.3 Å². The van der Waals surface area contributed by atoms with Crippen LogP contribution in [-0.4, -0.2) is 24.5 Å². The number of carbonyl (C=O) groups excluding carboxylic acids is 1. The molecule has 86 valence electrons. The summed E-state index contributed by atoms with van der Waals surface area (Å²) in [5.74, 6) is 0.316. The summed E-state index contributed by atoms with van der Waals surface area (Å²) in [6, 6.07) is 10.3. The molecule has 0 radical (unpaired) electrons. The van der Waals surface area contributed by atoms with Gasteiger partial charge in [0, 0.05) is 18.6 Å². The molecule has 0 bridgehead atoms. The van der Waals surface area contributed by atoms with E-state index in [0.29, 0.717) is 11.6 Å². The molecule has 16 heavy (non-hydrogen) atoms. The molecule has 1 saturated heterocycles. The predicted molar refractivity (Wildman–Crippen MR) is 68.7 cm³/mol. The average molecular weight is 233 g/mol. The van der Waals surface area contributed by atoms with Gasteiger partial charge in [0.2, 0.25) is 5.91 Å². The Morgan fingerprint density at radius 3 is 2.38 bits per heavy atom. The van der Waals surface area contributed by atoms with Gasteiger partial charge in [-0.3, -0.25) is 4.79 Å². The van der Waals surface area contributed by atoms with Crippen molar-refractivity contribution in [3.63, 3.8) is 0 Å². The second-order valence-corrected chi connectivity index (χ2v) is 11.0. The van der Waals surface area contributed by atoms with E-state index in [-0.39, 0.29) is 0 Å². The smallest absolute Gasteiger partial charge is 0.224 e. The van der Waals surface area contributed by atoms with Crippen LogP contribution < -0.4 is 0 Å². The molecule has 3 heteroatoms. The van der Waals surface area contributed by atoms with Crippen molar-refractivity contribution in [2.75, 3.05) is 0 Å². The summed E-state index contributed by atoms with van der Waals surface area (Å²) in [6.45, 7) is 7.79. The average Bonchev–Trinajstić information content (AvgIpc) is 2.22. The van der Waals surface area contributed by atoms with Gasteiger partial charge in [0.1, 0.15) is 0 Å². The van der Waals surface area contributed by atoms with Crippen molar-refractivity contribution in [1.82, 2.24) is 4.90 Å². The van der Waals surface area contributed by atoms with Crippen molar-refractivity contribution in [2.24, 2.45) is 0 Å². The Kier molecular flexibility index (Phi) is 2.89. The second kappa shape index (κ2) is 4.05. The number of β-lactam (4-membered cyclic amide) rings is 1. The third-order valence-corrected chi connectivity index (χ3v) is 5.78. The Balaban J connectivity index is 2.07. The molecule has 0 spiro atoms. The lowest BCUT2D eigenvalue weighted by Crippen LogP contribution is -2.62. The fourth-order valence-corrected chi connectivity index (χ4v) is 4.16. The zero-order valence-corrected chi connectivity index (χ0v) is 11.2. The summed E-state index contributed by atoms with van der Waals surface area (Å²) in [4.78, 5) is 13.7. The van der Waals surface area contributed by atoms with Crippen molar-refractivity contribution < 1.29 is 4.79 Å². The first-order valence-electron chi connectivity index (χ1n) is 5.82. The molecule has 0 N–H and O–H groups in total. The summed E-state index contributed by atoms with van der Waals surface area (Å²) >= 11 is 0. The van der Waals surface area contributed by atoms with E-state index < -0.39 is 8.07 Å². The van der Waals surface area contributed by atoms with Crippen molar-refractivity contribution in [3.05, 3.63) is 35.9 Å². The number of rotatable bonds is 3. The third-order valence-electron chi connectivity index (χ3n) is 3.26. The number of hydrogen-bond acceptors (Lipinski definition) is 1. The second-order valence-electron chi connectivity index (χ2n) is 5.59. The number of carbonyl (C=O) groups is 1. The van der Waals surface area contributed by atoms with Crippen LogP contribution in [0.4, 0.5) is 0 Å². The number of nitrogens with zero attached hydrogens (tertiary/aromatic N) is 1. The number of amides is 1. The minimum Gasteiger partial charge on any atom is -0.338 e. The summed E-state index contributed by atoms with van der Waals surface area (Å²) in [5, 5.41) is 0. The fourth-order valence-electron chi connectivity index (χ4n) is 2.21. The highest BCUT2D eigenvalue weighted by atomic mass is 28.3. The van der Waals surface area contributed by atoms with E-state index in [1.54, 1.807) is 0 Å². The van der Waals surface area contributed by atoms with E-state index in [1.165, 1.54) is 5.56 Å². The molecular formula is C13H19NOSi. The third kappa shape index (κ3) is 2.19. The largest absolute Gasteiger partial charge is 0.338 e. The highest BCUT2D eigenvalue weighted by Crippen LogP contribution is 2.29. The number of likely N-dealkylation sites (tertiary alicyclic amines) is 1. The summed E-state index contributed by atoms with van der Waals surface area (Å²) in [7, 11) is -1.23. The zero-order valence-electron chi connectivity index (χ0n) is 10.2. The van der Waals surface area contributed by atoms with Crippen molar-refractivity contribution in [2.45, 2.75) is 38.3 Å². The first kappa shape index (κ1) is 11.4. The van der Waals surface area contributed by atoms with Gasteiger partial charge in [-0.2, -0.15) is 0 Å². The molecule has 2 nitrogen and oxygen atoms in total. The fraction of sp³-hybridized carbons (Fsp3) is 0.462. The Bertz CT molecular complexity index is 383. The SMILES string of the molecule is C[Si](C)(C)C1CC(=O)N1Cc1ccccc1. The van der Waals surface area contributed by atoms with Gasteiger partial charge < -0.3 is 4.90 Å². The van der Waals surface area contributed by atoms with E-state index >= 15 is 0 Å². The van der Waals surface area contributed by atoms with E-state index in [9.17, 15) is 4.79 Å². The molecule has 0 saturated carbocycles. The van der Waals surface area contributed by atoms with Crippen LogP contribution in [0.5, 0.6) is 0 Å². The molecule has 1 heterocycles. The maximum atomic E-state index is 11.6. The molecule has 1 fully saturated rings. The molecule has 1 unspecified atom stereocenters. The first-order valence-corrected chi connectivity index (χ1v) is 9.39. The number of hydrogen-bond donors (Lipinski definition) is 0. The van der Waals surface area contributed by atoms with E-state index in [0.717, 1.165) is 13.0 Å². The van der Waals surface area contributed by atoms with Crippen LogP contribution in [0, 0.1) is 0 Å². The van der Waals surface area contributed by atoms with Gasteiger partial charge in [-0.15, -0.1) is 0 Å². The Morgan fingerprint density at radius 1 is 1.25 bits per heavy atom. The van der Waals surface area contributed by atoms with Crippen LogP contribution >= 0.6 is 0 Å². The van der Waals surface area contributed by atoms with E-state index in [4.69, 9.17) is 0 Å². The lowest BCUT2D eigenvalue weighted by atomic mass is 10.1. The molecule has 0 aromatic heterocycles. The Morgan fingerprint density at radius 2 is 1.88 bits per heavy atom. The van der Waals surface area contributed by atoms with Gasteiger partial charge in [0.05, 0.1) is 8.07 Å². The number of benzene rings is 1. The van der Waals surface area contributed by atoms with Crippen LogP contribution in [0.3, 0.4) is 0 Å². The maximum absolute atomic E-state index is 11.6.